The molecule has 16 heteroatoms. The number of fused-ring (bicyclic) bond motifs is 1. The average molecular weight is 570 g/mol. The maximum absolute atomic E-state index is 13.0. The number of carboxylic acid groups (broad SMARTS) is 1. The van der Waals surface area contributed by atoms with Gasteiger partial charge in [0.2, 0.25) is 0 Å². The number of aliphatic carboxylic acids is 1. The lowest BCUT2D eigenvalue weighted by Crippen LogP contribution is -2.71. The number of nitrogens with one attached hydrogen (secondary N) is 1. The molecule has 0 radical (unpaired) electrons. The monoisotopic (exact) mass is 569 g/mol. The van der Waals surface area contributed by atoms with Gasteiger partial charge in [0.1, 0.15) is 34.9 Å². The number of carbonyl (C=O) groups excluding carboxylic acids is 2. The van der Waals surface area contributed by atoms with E-state index >= 15 is 0 Å². The normalized spacial score (nSPS) is 20.2. The van der Waals surface area contributed by atoms with E-state index in [1.807, 2.05) is 0 Å². The second-order valence-electron chi connectivity index (χ2n) is 8.76. The quantitative estimate of drug-likeness (QED) is 0.183. The summed E-state index contributed by atoms with van der Waals surface area (Å²) in [5, 5.41) is 22.5. The number of oxime groups is 1. The van der Waals surface area contributed by atoms with Crippen molar-refractivity contribution in [2.45, 2.75) is 42.6 Å². The van der Waals surface area contributed by atoms with Crippen molar-refractivity contribution in [3.05, 3.63) is 27.2 Å². The maximum atomic E-state index is 13.0. The van der Waals surface area contributed by atoms with Crippen LogP contribution in [0.3, 0.4) is 0 Å². The predicted molar refractivity (Wildman–Crippen MR) is 139 cm³/mol. The van der Waals surface area contributed by atoms with Gasteiger partial charge >= 0.3 is 5.97 Å². The zero-order valence-corrected chi connectivity index (χ0v) is 22.9. The van der Waals surface area contributed by atoms with Gasteiger partial charge in [-0.3, -0.25) is 14.5 Å². The van der Waals surface area contributed by atoms with Crippen molar-refractivity contribution in [2.75, 3.05) is 24.3 Å². The van der Waals surface area contributed by atoms with E-state index in [1.165, 1.54) is 47.1 Å². The van der Waals surface area contributed by atoms with Crippen molar-refractivity contribution in [1.29, 1.82) is 0 Å². The molecule has 4 rings (SSSR count). The van der Waals surface area contributed by atoms with Gasteiger partial charge in [0, 0.05) is 22.3 Å². The Morgan fingerprint density at radius 1 is 1.42 bits per heavy atom. The Bertz CT molecular complexity index is 1270. The fourth-order valence-electron chi connectivity index (χ4n) is 3.59. The van der Waals surface area contributed by atoms with Gasteiger partial charge in [-0.2, -0.15) is 0 Å². The summed E-state index contributed by atoms with van der Waals surface area (Å²) in [5.74, 6) is -1.64. The predicted octanol–water partition coefficient (Wildman–Crippen LogP) is 1.76. The molecule has 0 bridgehead atoms. The SMILES string of the molecule is CON=C(C(=O)NC1C(=O)N2C(C(=O)O)=C(CSc3nnsc3C(C)(C)C)CSC12)c1csc(N)n1. The highest BCUT2D eigenvalue weighted by molar-refractivity contribution is 8.01. The summed E-state index contributed by atoms with van der Waals surface area (Å²) in [5.41, 5.74) is 6.15. The van der Waals surface area contributed by atoms with Gasteiger partial charge in [-0.15, -0.1) is 28.2 Å². The molecule has 4 heterocycles. The molecule has 36 heavy (non-hydrogen) atoms. The summed E-state index contributed by atoms with van der Waals surface area (Å²) in [7, 11) is 1.28. The lowest BCUT2D eigenvalue weighted by atomic mass is 9.95. The third kappa shape index (κ3) is 5.07. The molecule has 2 aromatic rings. The van der Waals surface area contributed by atoms with Crippen LogP contribution in [0.1, 0.15) is 31.3 Å². The van der Waals surface area contributed by atoms with E-state index in [4.69, 9.17) is 10.6 Å². The number of anilines is 1. The van der Waals surface area contributed by atoms with Crippen LogP contribution in [-0.2, 0) is 24.6 Å². The Morgan fingerprint density at radius 2 is 2.17 bits per heavy atom. The molecule has 192 valence electrons. The molecule has 4 N–H and O–H groups in total. The first-order chi connectivity index (χ1) is 17.0. The molecule has 2 aliphatic rings. The summed E-state index contributed by atoms with van der Waals surface area (Å²) in [4.78, 5) is 49.1. The van der Waals surface area contributed by atoms with E-state index in [1.54, 1.807) is 5.38 Å². The first-order valence-corrected chi connectivity index (χ1v) is 14.2. The molecule has 2 atom stereocenters. The fourth-order valence-corrected chi connectivity index (χ4v) is 7.63. The number of rotatable bonds is 8. The number of thiazole rings is 1. The Morgan fingerprint density at radius 3 is 2.78 bits per heavy atom. The van der Waals surface area contributed by atoms with Crippen molar-refractivity contribution in [1.82, 2.24) is 24.8 Å². The van der Waals surface area contributed by atoms with Crippen LogP contribution in [0.2, 0.25) is 0 Å². The van der Waals surface area contributed by atoms with Gasteiger partial charge in [0.25, 0.3) is 11.8 Å². The number of thioether (sulfide) groups is 2. The number of carboxylic acids is 1. The molecular weight excluding hydrogens is 547 g/mol. The van der Waals surface area contributed by atoms with Gasteiger partial charge in [-0.05, 0) is 17.1 Å². The molecule has 2 unspecified atom stereocenters. The summed E-state index contributed by atoms with van der Waals surface area (Å²) >= 11 is 5.24. The number of carbonyl (C=O) groups is 3. The molecule has 2 amide bonds. The van der Waals surface area contributed by atoms with Crippen molar-refractivity contribution in [3.63, 3.8) is 0 Å². The Labute approximate surface area is 222 Å². The summed E-state index contributed by atoms with van der Waals surface area (Å²) in [6, 6.07) is -0.917. The van der Waals surface area contributed by atoms with Crippen LogP contribution < -0.4 is 11.1 Å². The maximum Gasteiger partial charge on any atom is 0.352 e. The van der Waals surface area contributed by atoms with Crippen LogP contribution in [0.25, 0.3) is 0 Å². The molecular formula is C20H23N7O5S4. The van der Waals surface area contributed by atoms with Gasteiger partial charge in [0.15, 0.2) is 10.8 Å². The number of β-lactam (4-membered cyclic amide) rings is 1. The van der Waals surface area contributed by atoms with E-state index in [9.17, 15) is 19.5 Å². The number of nitrogen functional groups attached to an aromatic ring is 1. The topological polar surface area (TPSA) is 173 Å². The average Bonchev–Trinajstić information content (AvgIpc) is 3.47. The number of hydrogen-bond acceptors (Lipinski definition) is 13. The second-order valence-corrected chi connectivity index (χ2v) is 12.5. The van der Waals surface area contributed by atoms with E-state index in [0.717, 1.165) is 21.2 Å². The van der Waals surface area contributed by atoms with Crippen molar-refractivity contribution < 1.29 is 24.3 Å². The molecule has 2 aromatic heterocycles. The van der Waals surface area contributed by atoms with Gasteiger partial charge < -0.3 is 21.0 Å². The molecule has 12 nitrogen and oxygen atoms in total. The fraction of sp³-hybridized carbons (Fsp3) is 0.450. The first kappa shape index (κ1) is 26.4. The summed E-state index contributed by atoms with van der Waals surface area (Å²) in [6.45, 7) is 6.19. The lowest BCUT2D eigenvalue weighted by Gasteiger charge is -2.49. The second kappa shape index (κ2) is 10.4. The number of hydrogen-bond donors (Lipinski definition) is 3. The largest absolute Gasteiger partial charge is 0.477 e. The van der Waals surface area contributed by atoms with Gasteiger partial charge in [-0.1, -0.05) is 42.2 Å². The van der Waals surface area contributed by atoms with E-state index in [0.29, 0.717) is 17.1 Å². The number of amides is 2. The van der Waals surface area contributed by atoms with E-state index < -0.39 is 29.2 Å². The van der Waals surface area contributed by atoms with Crippen LogP contribution in [0, 0.1) is 0 Å². The molecule has 1 saturated heterocycles. The standard InChI is InChI=1S/C20H23N7O5S4/c1-20(2,3)13-15(24-26-36-13)33-5-8-6-34-17-11(16(29)27(17)12(8)18(30)31)23-14(28)10(25-32-4)9-7-35-19(21)22-9/h7,11,17H,5-6H2,1-4H3,(H2,21,22)(H,23,28)(H,30,31). The van der Waals surface area contributed by atoms with Crippen LogP contribution in [0.5, 0.6) is 0 Å². The summed E-state index contributed by atoms with van der Waals surface area (Å²) in [6.07, 6.45) is 0. The number of nitrogens with two attached hydrogens (primary N) is 1. The molecule has 1 fully saturated rings. The van der Waals surface area contributed by atoms with Gasteiger partial charge in [-0.25, -0.2) is 9.78 Å². The zero-order valence-electron chi connectivity index (χ0n) is 19.7. The van der Waals surface area contributed by atoms with Crippen LogP contribution in [0.15, 0.2) is 26.8 Å². The third-order valence-electron chi connectivity index (χ3n) is 5.22. The minimum atomic E-state index is -1.19. The molecule has 0 aliphatic carbocycles. The number of nitrogens with zero attached hydrogens (tertiary/aromatic N) is 5. The van der Waals surface area contributed by atoms with Crippen molar-refractivity contribution in [3.8, 4) is 0 Å². The Balaban J connectivity index is 1.50. The highest BCUT2D eigenvalue weighted by Gasteiger charge is 2.54. The van der Waals surface area contributed by atoms with E-state index in [-0.39, 0.29) is 27.6 Å². The van der Waals surface area contributed by atoms with Crippen LogP contribution >= 0.6 is 46.4 Å². The number of aromatic nitrogens is 3. The minimum Gasteiger partial charge on any atom is -0.477 e. The Hall–Kier alpha value is -2.69. The Kier molecular flexibility index (Phi) is 7.59. The van der Waals surface area contributed by atoms with Crippen molar-refractivity contribution in [2.24, 2.45) is 5.16 Å². The van der Waals surface area contributed by atoms with Crippen LogP contribution in [-0.4, -0.2) is 78.1 Å². The summed E-state index contributed by atoms with van der Waals surface area (Å²) < 4.78 is 4.04. The first-order valence-electron chi connectivity index (χ1n) is 10.5. The van der Waals surface area contributed by atoms with Crippen molar-refractivity contribution >= 4 is 75.0 Å². The smallest absolute Gasteiger partial charge is 0.352 e. The highest BCUT2D eigenvalue weighted by Crippen LogP contribution is 2.42. The molecule has 0 aromatic carbocycles. The molecule has 0 saturated carbocycles. The van der Waals surface area contributed by atoms with Crippen LogP contribution in [0.4, 0.5) is 5.13 Å². The van der Waals surface area contributed by atoms with Gasteiger partial charge in [0.05, 0.1) is 4.88 Å². The molecule has 2 aliphatic heterocycles. The third-order valence-corrected chi connectivity index (χ3v) is 9.57. The van der Waals surface area contributed by atoms with E-state index in [2.05, 4.69) is 45.8 Å². The minimum absolute atomic E-state index is 0.0553. The lowest BCUT2D eigenvalue weighted by molar-refractivity contribution is -0.150. The zero-order chi connectivity index (χ0) is 26.2. The molecule has 0 spiro atoms. The highest BCUT2D eigenvalue weighted by atomic mass is 32.2.